The molecule has 5 heteroatoms. The Kier molecular flexibility index (Phi) is 5.17. The van der Waals surface area contributed by atoms with Gasteiger partial charge in [0.05, 0.1) is 0 Å². The summed E-state index contributed by atoms with van der Waals surface area (Å²) in [6.07, 6.45) is 9.99. The number of aromatic amines is 1. The molecule has 3 aliphatic rings. The predicted octanol–water partition coefficient (Wildman–Crippen LogP) is 3.60. The SMILES string of the molecule is CN1CCCCC[C@@H]2[C@@H]1C[C@@H](Cc1ccccc1)N2C(=O)c1n[nH]c2c1CCC2. The number of rotatable bonds is 3. The summed E-state index contributed by atoms with van der Waals surface area (Å²) in [7, 11) is 2.25. The third-order valence-electron chi connectivity index (χ3n) is 7.34. The van der Waals surface area contributed by atoms with E-state index < -0.39 is 0 Å². The monoisotopic (exact) mass is 392 g/mol. The summed E-state index contributed by atoms with van der Waals surface area (Å²) >= 11 is 0. The Bertz CT molecular complexity index is 861. The quantitative estimate of drug-likeness (QED) is 0.868. The van der Waals surface area contributed by atoms with Crippen LogP contribution in [-0.4, -0.2) is 57.6 Å². The summed E-state index contributed by atoms with van der Waals surface area (Å²) in [5.41, 5.74) is 4.37. The third-order valence-corrected chi connectivity index (χ3v) is 7.34. The fourth-order valence-electron chi connectivity index (χ4n) is 5.87. The molecule has 2 saturated heterocycles. The zero-order chi connectivity index (χ0) is 19.8. The van der Waals surface area contributed by atoms with Gasteiger partial charge in [-0.25, -0.2) is 0 Å². The molecule has 1 aromatic heterocycles. The third kappa shape index (κ3) is 3.50. The lowest BCUT2D eigenvalue weighted by atomic mass is 9.96. The molecule has 1 amide bonds. The number of carbonyl (C=O) groups excluding carboxylic acids is 1. The van der Waals surface area contributed by atoms with Gasteiger partial charge in [-0.15, -0.1) is 0 Å². The molecule has 3 heterocycles. The number of H-pyrrole nitrogens is 1. The van der Waals surface area contributed by atoms with E-state index in [1.54, 1.807) is 0 Å². The van der Waals surface area contributed by atoms with Crippen LogP contribution in [0.5, 0.6) is 0 Å². The summed E-state index contributed by atoms with van der Waals surface area (Å²) in [6.45, 7) is 1.14. The number of likely N-dealkylation sites (N-methyl/N-ethyl adjacent to an activating group) is 1. The number of hydrogen-bond donors (Lipinski definition) is 1. The van der Waals surface area contributed by atoms with Crippen molar-refractivity contribution in [2.75, 3.05) is 13.6 Å². The number of nitrogens with one attached hydrogen (secondary N) is 1. The Morgan fingerprint density at radius 1 is 1.10 bits per heavy atom. The summed E-state index contributed by atoms with van der Waals surface area (Å²) in [5.74, 6) is 0.159. The number of hydrogen-bond acceptors (Lipinski definition) is 3. The molecule has 1 N–H and O–H groups in total. The van der Waals surface area contributed by atoms with E-state index in [4.69, 9.17) is 0 Å². The topological polar surface area (TPSA) is 52.2 Å². The van der Waals surface area contributed by atoms with E-state index in [0.29, 0.717) is 17.8 Å². The standard InChI is InChI=1S/C24H32N4O/c1-27-14-7-3-6-13-21-22(27)16-18(15-17-9-4-2-5-10-17)28(21)24(29)23-19-11-8-12-20(19)25-26-23/h2,4-5,9-10,18,21-22H,3,6-8,11-16H2,1H3,(H,25,26)/t18-,21-,22+/m1/s1. The van der Waals surface area contributed by atoms with Gasteiger partial charge in [0.15, 0.2) is 5.69 Å². The Labute approximate surface area is 173 Å². The number of fused-ring (bicyclic) bond motifs is 2. The number of nitrogens with zero attached hydrogens (tertiary/aromatic N) is 3. The first kappa shape index (κ1) is 18.9. The van der Waals surface area contributed by atoms with Gasteiger partial charge in [-0.2, -0.15) is 5.10 Å². The average molecular weight is 393 g/mol. The molecule has 0 bridgehead atoms. The van der Waals surface area contributed by atoms with Crippen molar-refractivity contribution >= 4 is 5.91 Å². The van der Waals surface area contributed by atoms with E-state index in [2.05, 4.69) is 57.4 Å². The number of aryl methyl sites for hydroxylation is 1. The van der Waals surface area contributed by atoms with Crippen LogP contribution < -0.4 is 0 Å². The second-order valence-electron chi connectivity index (χ2n) is 9.14. The van der Waals surface area contributed by atoms with E-state index in [0.717, 1.165) is 45.1 Å². The van der Waals surface area contributed by atoms with Crippen LogP contribution in [0.3, 0.4) is 0 Å². The first-order valence-corrected chi connectivity index (χ1v) is 11.4. The molecule has 154 valence electrons. The van der Waals surface area contributed by atoms with Crippen LogP contribution in [-0.2, 0) is 19.3 Å². The van der Waals surface area contributed by atoms with Crippen LogP contribution in [0.4, 0.5) is 0 Å². The van der Waals surface area contributed by atoms with Crippen LogP contribution in [0.2, 0.25) is 0 Å². The molecule has 0 saturated carbocycles. The maximum absolute atomic E-state index is 13.9. The summed E-state index contributed by atoms with van der Waals surface area (Å²) in [5, 5.41) is 7.64. The van der Waals surface area contributed by atoms with E-state index in [1.165, 1.54) is 36.1 Å². The van der Waals surface area contributed by atoms with E-state index >= 15 is 0 Å². The highest BCUT2D eigenvalue weighted by atomic mass is 16.2. The average Bonchev–Trinajstić information content (AvgIpc) is 3.41. The smallest absolute Gasteiger partial charge is 0.275 e. The number of carbonyl (C=O) groups is 1. The number of benzene rings is 1. The lowest BCUT2D eigenvalue weighted by Crippen LogP contribution is -2.48. The fraction of sp³-hybridized carbons (Fsp3) is 0.583. The summed E-state index contributed by atoms with van der Waals surface area (Å²) in [6, 6.07) is 11.7. The molecule has 5 rings (SSSR count). The molecule has 0 unspecified atom stereocenters. The zero-order valence-corrected chi connectivity index (χ0v) is 17.4. The maximum atomic E-state index is 13.9. The number of likely N-dealkylation sites (tertiary alicyclic amines) is 2. The van der Waals surface area contributed by atoms with Gasteiger partial charge in [-0.1, -0.05) is 43.2 Å². The molecule has 2 fully saturated rings. The van der Waals surface area contributed by atoms with Crippen molar-refractivity contribution < 1.29 is 4.79 Å². The largest absolute Gasteiger partial charge is 0.329 e. The molecular weight excluding hydrogens is 360 g/mol. The van der Waals surface area contributed by atoms with Crippen molar-refractivity contribution in [1.29, 1.82) is 0 Å². The first-order chi connectivity index (χ1) is 14.2. The lowest BCUT2D eigenvalue weighted by molar-refractivity contribution is 0.0597. The highest BCUT2D eigenvalue weighted by Crippen LogP contribution is 2.36. The van der Waals surface area contributed by atoms with Gasteiger partial charge >= 0.3 is 0 Å². The molecule has 29 heavy (non-hydrogen) atoms. The Hall–Kier alpha value is -2.14. The van der Waals surface area contributed by atoms with Gasteiger partial charge < -0.3 is 9.80 Å². The normalized spacial score (nSPS) is 27.3. The van der Waals surface area contributed by atoms with Crippen LogP contribution >= 0.6 is 0 Å². The van der Waals surface area contributed by atoms with Gasteiger partial charge in [0.2, 0.25) is 0 Å². The van der Waals surface area contributed by atoms with Crippen molar-refractivity contribution in [3.05, 3.63) is 52.8 Å². The van der Waals surface area contributed by atoms with Gasteiger partial charge in [-0.3, -0.25) is 9.89 Å². The minimum absolute atomic E-state index is 0.159. The highest BCUT2D eigenvalue weighted by Gasteiger charge is 2.46. The van der Waals surface area contributed by atoms with Crippen LogP contribution in [0, 0.1) is 0 Å². The van der Waals surface area contributed by atoms with Crippen LogP contribution in [0.15, 0.2) is 30.3 Å². The van der Waals surface area contributed by atoms with Crippen LogP contribution in [0.1, 0.15) is 65.8 Å². The Morgan fingerprint density at radius 2 is 1.97 bits per heavy atom. The fourth-order valence-corrected chi connectivity index (χ4v) is 5.87. The van der Waals surface area contributed by atoms with Crippen LogP contribution in [0.25, 0.3) is 0 Å². The first-order valence-electron chi connectivity index (χ1n) is 11.4. The second-order valence-corrected chi connectivity index (χ2v) is 9.14. The van der Waals surface area contributed by atoms with E-state index in [-0.39, 0.29) is 11.9 Å². The molecular formula is C24H32N4O. The molecule has 0 radical (unpaired) electrons. The molecule has 0 spiro atoms. The van der Waals surface area contributed by atoms with E-state index in [1.807, 2.05) is 0 Å². The molecule has 3 atom stereocenters. The van der Waals surface area contributed by atoms with Crippen molar-refractivity contribution in [3.63, 3.8) is 0 Å². The number of aromatic nitrogens is 2. The van der Waals surface area contributed by atoms with Crippen molar-refractivity contribution in [1.82, 2.24) is 20.0 Å². The molecule has 2 aromatic rings. The predicted molar refractivity (Wildman–Crippen MR) is 114 cm³/mol. The van der Waals surface area contributed by atoms with E-state index in [9.17, 15) is 4.79 Å². The van der Waals surface area contributed by atoms with Crippen molar-refractivity contribution in [3.8, 4) is 0 Å². The molecule has 2 aliphatic heterocycles. The molecule has 1 aliphatic carbocycles. The zero-order valence-electron chi connectivity index (χ0n) is 17.4. The van der Waals surface area contributed by atoms with Crippen molar-refractivity contribution in [2.24, 2.45) is 0 Å². The number of amides is 1. The molecule has 5 nitrogen and oxygen atoms in total. The summed E-state index contributed by atoms with van der Waals surface area (Å²) in [4.78, 5) is 18.6. The Balaban J connectivity index is 1.48. The minimum Gasteiger partial charge on any atom is -0.329 e. The maximum Gasteiger partial charge on any atom is 0.275 e. The molecule has 1 aromatic carbocycles. The van der Waals surface area contributed by atoms with Gasteiger partial charge in [0, 0.05) is 29.4 Å². The Morgan fingerprint density at radius 3 is 2.83 bits per heavy atom. The van der Waals surface area contributed by atoms with Gasteiger partial charge in [-0.05, 0) is 64.1 Å². The van der Waals surface area contributed by atoms with Gasteiger partial charge in [0.25, 0.3) is 5.91 Å². The lowest BCUT2D eigenvalue weighted by Gasteiger charge is -2.36. The minimum atomic E-state index is 0.159. The van der Waals surface area contributed by atoms with Gasteiger partial charge in [0.1, 0.15) is 0 Å². The summed E-state index contributed by atoms with van der Waals surface area (Å²) < 4.78 is 0. The van der Waals surface area contributed by atoms with Crippen molar-refractivity contribution in [2.45, 2.75) is 75.9 Å². The highest BCUT2D eigenvalue weighted by molar-refractivity contribution is 5.95. The second kappa shape index (κ2) is 7.94.